The van der Waals surface area contributed by atoms with E-state index in [0.29, 0.717) is 11.6 Å². The van der Waals surface area contributed by atoms with Gasteiger partial charge < -0.3 is 4.74 Å². The number of aryl methyl sites for hydroxylation is 1. The third-order valence-corrected chi connectivity index (χ3v) is 4.28. The Kier molecular flexibility index (Phi) is 5.13. The van der Waals surface area contributed by atoms with Crippen LogP contribution < -0.4 is 10.1 Å². The molecule has 0 amide bonds. The van der Waals surface area contributed by atoms with Crippen LogP contribution in [0.5, 0.6) is 5.75 Å². The fourth-order valence-electron chi connectivity index (χ4n) is 2.68. The Morgan fingerprint density at radius 2 is 1.83 bits per heavy atom. The molecule has 1 atom stereocenters. The van der Waals surface area contributed by atoms with Crippen LogP contribution >= 0.6 is 11.6 Å². The van der Waals surface area contributed by atoms with E-state index in [1.165, 1.54) is 0 Å². The van der Waals surface area contributed by atoms with E-state index in [0.717, 1.165) is 22.7 Å². The summed E-state index contributed by atoms with van der Waals surface area (Å²) >= 11 is 6.44. The molecule has 1 heterocycles. The predicted molar refractivity (Wildman–Crippen MR) is 94.1 cm³/mol. The van der Waals surface area contributed by atoms with Gasteiger partial charge in [-0.25, -0.2) is 4.98 Å². The first kappa shape index (κ1) is 16.5. The van der Waals surface area contributed by atoms with Crippen LogP contribution in [0.4, 0.5) is 0 Å². The van der Waals surface area contributed by atoms with Crippen molar-refractivity contribution in [1.82, 2.24) is 20.1 Å². The average molecular weight is 343 g/mol. The topological polar surface area (TPSA) is 52.0 Å². The van der Waals surface area contributed by atoms with Gasteiger partial charge in [-0.1, -0.05) is 48.0 Å². The van der Waals surface area contributed by atoms with Gasteiger partial charge in [-0.05, 0) is 17.7 Å². The van der Waals surface area contributed by atoms with Crippen LogP contribution in [-0.4, -0.2) is 21.9 Å². The standard InChI is InChI=1S/C18H19ClN4O/c1-23-17(21-12-22-23)11-20-18(13-7-3-5-9-15(13)19)14-8-4-6-10-16(14)24-2/h3-10,12,18,20H,11H2,1-2H3/t18-/m1/s1. The number of para-hydroxylation sites is 1. The van der Waals surface area contributed by atoms with Gasteiger partial charge in [-0.3, -0.25) is 10.00 Å². The van der Waals surface area contributed by atoms with E-state index in [4.69, 9.17) is 16.3 Å². The molecule has 3 rings (SSSR count). The van der Waals surface area contributed by atoms with Crippen LogP contribution in [-0.2, 0) is 13.6 Å². The number of methoxy groups -OCH3 is 1. The molecule has 124 valence electrons. The number of halogens is 1. The molecule has 0 aliphatic rings. The lowest BCUT2D eigenvalue weighted by molar-refractivity contribution is 0.403. The fraction of sp³-hybridized carbons (Fsp3) is 0.222. The second-order valence-corrected chi connectivity index (χ2v) is 5.78. The van der Waals surface area contributed by atoms with Crippen molar-refractivity contribution in [2.75, 3.05) is 7.11 Å². The lowest BCUT2D eigenvalue weighted by atomic mass is 9.97. The SMILES string of the molecule is COc1ccccc1[C@H](NCc1ncnn1C)c1ccccc1Cl. The molecule has 0 radical (unpaired) electrons. The molecule has 0 saturated heterocycles. The molecule has 1 N–H and O–H groups in total. The van der Waals surface area contributed by atoms with Gasteiger partial charge in [0.15, 0.2) is 0 Å². The van der Waals surface area contributed by atoms with Crippen molar-refractivity contribution in [2.45, 2.75) is 12.6 Å². The van der Waals surface area contributed by atoms with Crippen LogP contribution in [0.25, 0.3) is 0 Å². The van der Waals surface area contributed by atoms with Gasteiger partial charge in [0.05, 0.1) is 19.7 Å². The maximum Gasteiger partial charge on any atom is 0.140 e. The second kappa shape index (κ2) is 7.47. The van der Waals surface area contributed by atoms with Crippen LogP contribution in [0, 0.1) is 0 Å². The van der Waals surface area contributed by atoms with Gasteiger partial charge in [0.25, 0.3) is 0 Å². The molecular weight excluding hydrogens is 324 g/mol. The highest BCUT2D eigenvalue weighted by Crippen LogP contribution is 2.33. The number of rotatable bonds is 6. The van der Waals surface area contributed by atoms with Gasteiger partial charge in [-0.15, -0.1) is 0 Å². The first-order valence-corrected chi connectivity index (χ1v) is 8.02. The number of ether oxygens (including phenoxy) is 1. The van der Waals surface area contributed by atoms with Crippen LogP contribution in [0.1, 0.15) is 23.0 Å². The number of nitrogens with zero attached hydrogens (tertiary/aromatic N) is 3. The summed E-state index contributed by atoms with van der Waals surface area (Å²) in [6.07, 6.45) is 1.55. The van der Waals surface area contributed by atoms with E-state index in [-0.39, 0.29) is 6.04 Å². The number of nitrogens with one attached hydrogen (secondary N) is 1. The largest absolute Gasteiger partial charge is 0.496 e. The van der Waals surface area contributed by atoms with Gasteiger partial charge in [0.1, 0.15) is 17.9 Å². The van der Waals surface area contributed by atoms with Crippen LogP contribution in [0.2, 0.25) is 5.02 Å². The van der Waals surface area contributed by atoms with Crippen molar-refractivity contribution in [2.24, 2.45) is 7.05 Å². The molecule has 1 aromatic heterocycles. The van der Waals surface area contributed by atoms with E-state index >= 15 is 0 Å². The minimum Gasteiger partial charge on any atom is -0.496 e. The van der Waals surface area contributed by atoms with E-state index in [1.807, 2.05) is 55.6 Å². The van der Waals surface area contributed by atoms with Crippen LogP contribution in [0.3, 0.4) is 0 Å². The van der Waals surface area contributed by atoms with E-state index < -0.39 is 0 Å². The van der Waals surface area contributed by atoms with Gasteiger partial charge in [0, 0.05) is 17.6 Å². The van der Waals surface area contributed by atoms with Crippen LogP contribution in [0.15, 0.2) is 54.9 Å². The van der Waals surface area contributed by atoms with Crippen molar-refractivity contribution in [3.05, 3.63) is 76.8 Å². The van der Waals surface area contributed by atoms with E-state index in [2.05, 4.69) is 15.4 Å². The lowest BCUT2D eigenvalue weighted by Gasteiger charge is -2.22. The Hall–Kier alpha value is -2.37. The minimum atomic E-state index is -0.119. The van der Waals surface area contributed by atoms with Gasteiger partial charge >= 0.3 is 0 Å². The summed E-state index contributed by atoms with van der Waals surface area (Å²) in [6, 6.07) is 15.6. The van der Waals surface area contributed by atoms with Gasteiger partial charge in [0.2, 0.25) is 0 Å². The molecule has 0 aliphatic heterocycles. The molecule has 24 heavy (non-hydrogen) atoms. The quantitative estimate of drug-likeness (QED) is 0.746. The highest BCUT2D eigenvalue weighted by atomic mass is 35.5. The number of hydrogen-bond donors (Lipinski definition) is 1. The summed E-state index contributed by atoms with van der Waals surface area (Å²) in [5.74, 6) is 1.66. The average Bonchev–Trinajstić information content (AvgIpc) is 3.02. The van der Waals surface area contributed by atoms with Crippen molar-refractivity contribution in [3.8, 4) is 5.75 Å². The predicted octanol–water partition coefficient (Wildman–Crippen LogP) is 3.36. The number of aromatic nitrogens is 3. The fourth-order valence-corrected chi connectivity index (χ4v) is 2.92. The molecule has 0 fully saturated rings. The summed E-state index contributed by atoms with van der Waals surface area (Å²) in [5.41, 5.74) is 2.01. The monoisotopic (exact) mass is 342 g/mol. The molecule has 2 aromatic carbocycles. The Morgan fingerprint density at radius 3 is 2.50 bits per heavy atom. The second-order valence-electron chi connectivity index (χ2n) is 5.38. The zero-order chi connectivity index (χ0) is 16.9. The minimum absolute atomic E-state index is 0.119. The Labute approximate surface area is 146 Å². The summed E-state index contributed by atoms with van der Waals surface area (Å²) in [5, 5.41) is 8.34. The maximum atomic E-state index is 6.44. The highest BCUT2D eigenvalue weighted by molar-refractivity contribution is 6.31. The normalized spacial score (nSPS) is 12.1. The Bertz CT molecular complexity index is 818. The number of benzene rings is 2. The van der Waals surface area contributed by atoms with Crippen molar-refractivity contribution < 1.29 is 4.74 Å². The third-order valence-electron chi connectivity index (χ3n) is 3.94. The molecule has 0 saturated carbocycles. The molecule has 0 aliphatic carbocycles. The Balaban J connectivity index is 1.98. The molecule has 0 bridgehead atoms. The summed E-state index contributed by atoms with van der Waals surface area (Å²) in [7, 11) is 3.54. The first-order chi connectivity index (χ1) is 11.7. The third kappa shape index (κ3) is 3.42. The molecule has 6 heteroatoms. The highest BCUT2D eigenvalue weighted by Gasteiger charge is 2.20. The summed E-state index contributed by atoms with van der Waals surface area (Å²) in [6.45, 7) is 0.560. The van der Waals surface area contributed by atoms with Crippen molar-refractivity contribution >= 4 is 11.6 Å². The molecule has 0 unspecified atom stereocenters. The van der Waals surface area contributed by atoms with E-state index in [9.17, 15) is 0 Å². The van der Waals surface area contributed by atoms with Crippen molar-refractivity contribution in [1.29, 1.82) is 0 Å². The zero-order valence-corrected chi connectivity index (χ0v) is 14.4. The summed E-state index contributed by atoms with van der Waals surface area (Å²) < 4.78 is 7.28. The number of hydrogen-bond acceptors (Lipinski definition) is 4. The molecule has 5 nitrogen and oxygen atoms in total. The first-order valence-electron chi connectivity index (χ1n) is 7.64. The summed E-state index contributed by atoms with van der Waals surface area (Å²) in [4.78, 5) is 4.27. The van der Waals surface area contributed by atoms with Crippen molar-refractivity contribution in [3.63, 3.8) is 0 Å². The Morgan fingerprint density at radius 1 is 1.12 bits per heavy atom. The zero-order valence-electron chi connectivity index (χ0n) is 13.6. The lowest BCUT2D eigenvalue weighted by Crippen LogP contribution is -2.24. The molecular formula is C18H19ClN4O. The van der Waals surface area contributed by atoms with E-state index in [1.54, 1.807) is 18.1 Å². The molecule has 0 spiro atoms. The molecule has 3 aromatic rings. The smallest absolute Gasteiger partial charge is 0.140 e. The maximum absolute atomic E-state index is 6.44. The van der Waals surface area contributed by atoms with Gasteiger partial charge in [-0.2, -0.15) is 5.10 Å².